The van der Waals surface area contributed by atoms with E-state index < -0.39 is 25.5 Å². The van der Waals surface area contributed by atoms with Crippen LogP contribution in [0.25, 0.3) is 221 Å². The van der Waals surface area contributed by atoms with Gasteiger partial charge in [-0.25, -0.2) is 18.3 Å². The molecule has 12 aromatic carbocycles. The molecule has 0 amide bonds. The first-order valence-corrected chi connectivity index (χ1v) is 40.8. The Bertz CT molecular complexity index is 8840. The highest BCUT2D eigenvalue weighted by molar-refractivity contribution is 6.30. The average Bonchev–Trinajstić information content (AvgIpc) is 1.61. The van der Waals surface area contributed by atoms with Crippen molar-refractivity contribution in [2.24, 2.45) is 33.6 Å². The predicted molar refractivity (Wildman–Crippen MR) is 491 cm³/mol. The molecule has 0 saturated heterocycles. The van der Waals surface area contributed by atoms with E-state index in [2.05, 4.69) is 197 Å². The van der Waals surface area contributed by atoms with E-state index >= 15 is 0 Å². The molecular formula is C109H90N4O8+4. The summed E-state index contributed by atoms with van der Waals surface area (Å²) in [4.78, 5) is 0. The molecule has 12 aromatic heterocycles. The Balaban J connectivity index is 0.000000106. The Labute approximate surface area is 708 Å². The van der Waals surface area contributed by atoms with Gasteiger partial charge in [0, 0.05) is 145 Å². The van der Waals surface area contributed by atoms with Gasteiger partial charge in [0.15, 0.2) is 24.8 Å². The highest BCUT2D eigenvalue weighted by atomic mass is 16.4. The van der Waals surface area contributed by atoms with Crippen LogP contribution in [0, 0.1) is 60.7 Å². The minimum Gasteiger partial charge on any atom is -0.456 e. The molecule has 12 nitrogen and oxygen atoms in total. The summed E-state index contributed by atoms with van der Waals surface area (Å²) in [6, 6.07) is 79.2. The third kappa shape index (κ3) is 12.1. The lowest BCUT2D eigenvalue weighted by Crippen LogP contribution is -2.32. The molecule has 0 N–H and O–H groups in total. The van der Waals surface area contributed by atoms with E-state index in [4.69, 9.17) is 46.3 Å². The van der Waals surface area contributed by atoms with Crippen LogP contribution in [0.15, 0.2) is 297 Å². The van der Waals surface area contributed by atoms with Crippen molar-refractivity contribution in [3.63, 3.8) is 0 Å². The zero-order valence-electron chi connectivity index (χ0n) is 77.4. The third-order valence-electron chi connectivity index (χ3n) is 23.9. The van der Waals surface area contributed by atoms with Crippen LogP contribution in [0.1, 0.15) is 81.8 Å². The maximum absolute atomic E-state index is 9.02. The molecule has 590 valence electrons. The molecule has 0 bridgehead atoms. The second-order valence-electron chi connectivity index (χ2n) is 33.4. The van der Waals surface area contributed by atoms with E-state index in [9.17, 15) is 0 Å². The van der Waals surface area contributed by atoms with Crippen LogP contribution in [0.2, 0.25) is 0 Å². The monoisotopic (exact) mass is 1590 g/mol. The fourth-order valence-electron chi connectivity index (χ4n) is 18.4. The van der Waals surface area contributed by atoms with Crippen LogP contribution in [-0.2, 0) is 34.6 Å². The van der Waals surface area contributed by atoms with Gasteiger partial charge in [0.2, 0.25) is 22.8 Å². The first-order valence-electron chi connectivity index (χ1n) is 44.8. The summed E-state index contributed by atoms with van der Waals surface area (Å²) in [6.45, 7) is 12.6. The van der Waals surface area contributed by atoms with Gasteiger partial charge in [-0.15, -0.1) is 0 Å². The van der Waals surface area contributed by atoms with E-state index in [-0.39, 0.29) is 16.7 Å². The van der Waals surface area contributed by atoms with E-state index in [0.717, 1.165) is 176 Å². The highest BCUT2D eigenvalue weighted by Crippen LogP contribution is 2.49. The second-order valence-corrected chi connectivity index (χ2v) is 33.4. The first kappa shape index (κ1) is 65.6. The molecule has 12 heterocycles. The molecule has 0 unspecified atom stereocenters. The number of hydrogen-bond acceptors (Lipinski definition) is 8. The van der Waals surface area contributed by atoms with Crippen LogP contribution in [0.5, 0.6) is 0 Å². The van der Waals surface area contributed by atoms with Gasteiger partial charge < -0.3 is 35.3 Å². The highest BCUT2D eigenvalue weighted by Gasteiger charge is 2.30. The van der Waals surface area contributed by atoms with Gasteiger partial charge in [-0.2, -0.15) is 0 Å². The number of hydrogen-bond donors (Lipinski definition) is 0. The smallest absolute Gasteiger partial charge is 0.216 e. The number of aryl methyl sites for hydroxylation is 12. The van der Waals surface area contributed by atoms with E-state index in [1.165, 1.54) is 34.0 Å². The van der Waals surface area contributed by atoms with Crippen molar-refractivity contribution in [1.29, 1.82) is 0 Å². The van der Waals surface area contributed by atoms with Gasteiger partial charge in [0.1, 0.15) is 118 Å². The number of rotatable bonds is 5. The van der Waals surface area contributed by atoms with Gasteiger partial charge in [0.25, 0.3) is 0 Å². The number of pyridine rings is 4. The van der Waals surface area contributed by atoms with Crippen LogP contribution in [0.3, 0.4) is 0 Å². The molecule has 12 heteroatoms. The Hall–Kier alpha value is -14.4. The van der Waals surface area contributed by atoms with Gasteiger partial charge in [-0.1, -0.05) is 136 Å². The van der Waals surface area contributed by atoms with Crippen LogP contribution in [-0.4, -0.2) is 0 Å². The quantitative estimate of drug-likeness (QED) is 0.156. The molecule has 0 fully saturated rings. The lowest BCUT2D eigenvalue weighted by atomic mass is 9.86. The van der Waals surface area contributed by atoms with Crippen molar-refractivity contribution in [1.82, 2.24) is 0 Å². The molecule has 0 atom stereocenters. The van der Waals surface area contributed by atoms with Gasteiger partial charge >= 0.3 is 0 Å². The summed E-state index contributed by atoms with van der Waals surface area (Å²) in [7, 11) is 7.94. The van der Waals surface area contributed by atoms with Crippen molar-refractivity contribution < 1.29 is 64.6 Å². The van der Waals surface area contributed by atoms with Crippen molar-refractivity contribution in [3.8, 4) is 45.0 Å². The van der Waals surface area contributed by atoms with Gasteiger partial charge in [-0.05, 0) is 191 Å². The SMILES string of the molecule is Cc1cc[n+](C)c(-c2c(C)ccc3c2oc2ccc4oc5ccccc5c4c23)c1.Cc1ccc(-c2c(C)ccc3c2oc2ccc4oc5ccccc5c4c23)[n+](C)c1.Cc1ccc2c(oc3ccc4oc5ccccc5c4c32)c1-c1cccc[n+]1C.[2H]C([2H])([2H])c1c[n+](C)c(-c2c(C)cc(C([2H])([2H])[2H])c3c2oc2cc4c(cc23)oc2ccccc24)cc1C([2H])([2H])C(C)(C)C. The molecular weight excluding hydrogens is 1490 g/mol. The Morgan fingerprint density at radius 1 is 0.264 bits per heavy atom. The Morgan fingerprint density at radius 3 is 1.16 bits per heavy atom. The minimum absolute atomic E-state index is 0.0562. The molecule has 0 aliphatic rings. The number of benzene rings is 12. The fourth-order valence-corrected chi connectivity index (χ4v) is 18.4. The zero-order valence-corrected chi connectivity index (χ0v) is 69.4. The normalized spacial score (nSPS) is 13.4. The van der Waals surface area contributed by atoms with Gasteiger partial charge in [-0.3, -0.25) is 0 Å². The van der Waals surface area contributed by atoms with E-state index in [1.54, 1.807) is 51.4 Å². The topological polar surface area (TPSA) is 121 Å². The largest absolute Gasteiger partial charge is 0.456 e. The number of fused-ring (bicyclic) bond motifs is 27. The Kier molecular flexibility index (Phi) is 15.3. The maximum atomic E-state index is 9.02. The summed E-state index contributed by atoms with van der Waals surface area (Å²) >= 11 is 0. The molecule has 24 rings (SSSR count). The Morgan fingerprint density at radius 2 is 0.661 bits per heavy atom. The molecule has 0 saturated carbocycles. The fraction of sp³-hybridized carbons (Fsp3) is 0.156. The molecule has 24 aromatic rings. The zero-order chi connectivity index (χ0) is 89.7. The molecule has 0 aliphatic carbocycles. The van der Waals surface area contributed by atoms with Crippen molar-refractivity contribution in [3.05, 3.63) is 311 Å². The molecule has 0 aliphatic heterocycles. The van der Waals surface area contributed by atoms with E-state index in [0.29, 0.717) is 49.9 Å². The number of aromatic nitrogens is 4. The van der Waals surface area contributed by atoms with E-state index in [1.807, 2.05) is 115 Å². The molecule has 0 radical (unpaired) electrons. The standard InChI is InChI=1S/C32H32NO2.2C26H20NO2.C25H18NO2/c1-18-12-19(2)30(25-13-21(16-32(4,5)6)20(3)17-33(25)7)31-29(18)24-15-27-23(14-28(24)35-31)22-10-8-9-11-26(22)34-27;1-15-8-11-19(27(3)14-15)23-16(2)9-10-18-25-22(29-26(18)23)13-12-21-24(25)17-6-4-5-7-20(17)28-21;1-15-12-13-27(3)19(14-15)23-16(2)8-9-18-25-22(29-26(18)23)11-10-21-24(25)17-6-4-5-7-20(17)28-21;1-15-10-11-17-24-21(28-25(17)22(15)18-8-5-6-14-26(18)2)13-12-20-23(24)16-7-3-4-9-19(16)27-20/h8-15,17H,16H2,1-7H3;2*4-14H,1-3H3;3-14H,1-2H3/q4*+1/i1D3,3D3,16D2;;;. The number of para-hydroxylation sites is 4. The summed E-state index contributed by atoms with van der Waals surface area (Å²) < 4.78 is 126. The third-order valence-corrected chi connectivity index (χ3v) is 23.9. The summed E-state index contributed by atoms with van der Waals surface area (Å²) in [5.74, 6) is 0. The van der Waals surface area contributed by atoms with Crippen molar-refractivity contribution in [2.45, 2.75) is 82.4 Å². The van der Waals surface area contributed by atoms with Crippen molar-refractivity contribution >= 4 is 176 Å². The number of nitrogens with zero attached hydrogens (tertiary/aromatic N) is 4. The maximum Gasteiger partial charge on any atom is 0.216 e. The molecule has 0 spiro atoms. The van der Waals surface area contributed by atoms with Gasteiger partial charge in [0.05, 0.1) is 22.3 Å². The second kappa shape index (κ2) is 28.2. The average molecular weight is 1590 g/mol. The summed E-state index contributed by atoms with van der Waals surface area (Å²) in [6.07, 6.45) is 5.76. The minimum atomic E-state index is -2.56. The summed E-state index contributed by atoms with van der Waals surface area (Å²) in [5, 5.41) is 16.2. The lowest BCUT2D eigenvalue weighted by molar-refractivity contribution is -0.660. The van der Waals surface area contributed by atoms with Crippen molar-refractivity contribution in [2.75, 3.05) is 0 Å². The van der Waals surface area contributed by atoms with Crippen LogP contribution < -0.4 is 18.3 Å². The predicted octanol–water partition coefficient (Wildman–Crippen LogP) is 28.0. The van der Waals surface area contributed by atoms with Crippen LogP contribution >= 0.6 is 0 Å². The van der Waals surface area contributed by atoms with Crippen LogP contribution in [0.4, 0.5) is 0 Å². The lowest BCUT2D eigenvalue weighted by Gasteiger charge is -2.19. The summed E-state index contributed by atoms with van der Waals surface area (Å²) in [5.41, 5.74) is 26.7. The number of furan rings is 8. The first-order chi connectivity index (χ1) is 61.8. The molecule has 121 heavy (non-hydrogen) atoms.